The summed E-state index contributed by atoms with van der Waals surface area (Å²) in [4.78, 5) is 2.32. The molecule has 1 aliphatic heterocycles. The van der Waals surface area contributed by atoms with Crippen molar-refractivity contribution in [1.29, 1.82) is 10.5 Å². The summed E-state index contributed by atoms with van der Waals surface area (Å²) in [7, 11) is 0. The molecule has 3 nitrogen and oxygen atoms in total. The number of benzene rings is 2. The zero-order valence-corrected chi connectivity index (χ0v) is 14.8. The van der Waals surface area contributed by atoms with Gasteiger partial charge in [0.25, 0.3) is 0 Å². The number of likely N-dealkylation sites (tertiary alicyclic amines) is 1. The van der Waals surface area contributed by atoms with Crippen LogP contribution in [0.4, 0.5) is 0 Å². The quantitative estimate of drug-likeness (QED) is 0.805. The first-order valence-corrected chi connectivity index (χ1v) is 8.87. The van der Waals surface area contributed by atoms with Gasteiger partial charge in [0.15, 0.2) is 0 Å². The van der Waals surface area contributed by atoms with Crippen molar-refractivity contribution in [3.63, 3.8) is 0 Å². The van der Waals surface area contributed by atoms with Gasteiger partial charge in [0.1, 0.15) is 0 Å². The lowest BCUT2D eigenvalue weighted by Crippen LogP contribution is -2.48. The van der Waals surface area contributed by atoms with Gasteiger partial charge in [0.2, 0.25) is 0 Å². The highest BCUT2D eigenvalue weighted by Gasteiger charge is 2.41. The highest BCUT2D eigenvalue weighted by molar-refractivity contribution is 6.30. The van der Waals surface area contributed by atoms with Crippen molar-refractivity contribution in [3.8, 4) is 12.1 Å². The first-order valence-electron chi connectivity index (χ1n) is 8.49. The summed E-state index contributed by atoms with van der Waals surface area (Å²) in [6.07, 6.45) is 1.90. The molecule has 0 unspecified atom stereocenters. The Hall–Kier alpha value is -2.33. The molecule has 0 spiro atoms. The number of halogens is 1. The van der Waals surface area contributed by atoms with Crippen LogP contribution < -0.4 is 0 Å². The van der Waals surface area contributed by atoms with Gasteiger partial charge in [-0.3, -0.25) is 4.90 Å². The highest BCUT2D eigenvalue weighted by atomic mass is 35.5. The van der Waals surface area contributed by atoms with Crippen LogP contribution in [0.5, 0.6) is 0 Å². The summed E-state index contributed by atoms with van der Waals surface area (Å²) >= 11 is 5.96. The molecule has 2 atom stereocenters. The van der Waals surface area contributed by atoms with Crippen LogP contribution in [-0.4, -0.2) is 17.5 Å². The van der Waals surface area contributed by atoms with E-state index in [2.05, 4.69) is 17.0 Å². The molecule has 1 fully saturated rings. The van der Waals surface area contributed by atoms with Crippen LogP contribution >= 0.6 is 11.6 Å². The van der Waals surface area contributed by atoms with Gasteiger partial charge >= 0.3 is 0 Å². The molecular weight excluding hydrogens is 330 g/mol. The first-order chi connectivity index (χ1) is 12.2. The molecule has 0 bridgehead atoms. The van der Waals surface area contributed by atoms with Gasteiger partial charge in [-0.15, -0.1) is 0 Å². The fourth-order valence-electron chi connectivity index (χ4n) is 3.68. The average Bonchev–Trinajstić information content (AvgIpc) is 2.66. The number of hydrogen-bond donors (Lipinski definition) is 0. The summed E-state index contributed by atoms with van der Waals surface area (Å²) in [5.74, 6) is 0. The minimum Gasteiger partial charge on any atom is -0.295 e. The van der Waals surface area contributed by atoms with Crippen molar-refractivity contribution >= 4 is 11.6 Å². The molecule has 1 heterocycles. The van der Waals surface area contributed by atoms with Crippen LogP contribution in [0.3, 0.4) is 0 Å². The molecule has 1 aliphatic rings. The molecule has 4 heteroatoms. The minimum absolute atomic E-state index is 0.0780. The summed E-state index contributed by atoms with van der Waals surface area (Å²) < 4.78 is 0. The van der Waals surface area contributed by atoms with Crippen LogP contribution in [0, 0.1) is 22.7 Å². The van der Waals surface area contributed by atoms with E-state index in [9.17, 15) is 10.5 Å². The fourth-order valence-corrected chi connectivity index (χ4v) is 3.80. The van der Waals surface area contributed by atoms with Crippen LogP contribution in [0.25, 0.3) is 0 Å². The molecule has 126 valence electrons. The van der Waals surface area contributed by atoms with Crippen molar-refractivity contribution in [2.75, 3.05) is 6.54 Å². The zero-order valence-electron chi connectivity index (χ0n) is 14.0. The normalized spacial score (nSPS) is 23.6. The number of rotatable bonds is 4. The van der Waals surface area contributed by atoms with Gasteiger partial charge in [0.05, 0.1) is 24.0 Å². The molecule has 2 aromatic rings. The second kappa shape index (κ2) is 7.70. The van der Waals surface area contributed by atoms with Crippen molar-refractivity contribution in [3.05, 3.63) is 70.7 Å². The Bertz CT molecular complexity index is 789. The van der Waals surface area contributed by atoms with Crippen LogP contribution in [0.1, 0.15) is 30.4 Å². The molecule has 0 aliphatic carbocycles. The third-order valence-corrected chi connectivity index (χ3v) is 5.34. The second-order valence-electron chi connectivity index (χ2n) is 6.63. The van der Waals surface area contributed by atoms with Crippen LogP contribution in [-0.2, 0) is 12.0 Å². The maximum Gasteiger partial charge on any atom is 0.0849 e. The van der Waals surface area contributed by atoms with Crippen molar-refractivity contribution in [1.82, 2.24) is 4.90 Å². The Kier molecular flexibility index (Phi) is 5.39. The molecule has 25 heavy (non-hydrogen) atoms. The topological polar surface area (TPSA) is 50.8 Å². The number of hydrogen-bond acceptors (Lipinski definition) is 3. The van der Waals surface area contributed by atoms with E-state index < -0.39 is 5.41 Å². The molecule has 0 aromatic heterocycles. The number of nitriles is 2. The van der Waals surface area contributed by atoms with E-state index in [1.54, 1.807) is 0 Å². The lowest BCUT2D eigenvalue weighted by Gasteiger charge is -2.43. The van der Waals surface area contributed by atoms with E-state index >= 15 is 0 Å². The van der Waals surface area contributed by atoms with Crippen LogP contribution in [0.2, 0.25) is 5.02 Å². The van der Waals surface area contributed by atoms with Crippen molar-refractivity contribution < 1.29 is 0 Å². The maximum absolute atomic E-state index is 9.92. The highest BCUT2D eigenvalue weighted by Crippen LogP contribution is 2.39. The van der Waals surface area contributed by atoms with Gasteiger partial charge in [-0.2, -0.15) is 10.5 Å². The van der Waals surface area contributed by atoms with Crippen LogP contribution in [0.15, 0.2) is 54.6 Å². The van der Waals surface area contributed by atoms with Gasteiger partial charge in [-0.1, -0.05) is 54.1 Å². The van der Waals surface area contributed by atoms with Crippen molar-refractivity contribution in [2.24, 2.45) is 0 Å². The first kappa shape index (κ1) is 17.5. The lowest BCUT2D eigenvalue weighted by molar-refractivity contribution is 0.108. The molecule has 0 N–H and O–H groups in total. The van der Waals surface area contributed by atoms with Crippen molar-refractivity contribution in [2.45, 2.75) is 37.3 Å². The van der Waals surface area contributed by atoms with E-state index in [4.69, 9.17) is 11.6 Å². The molecule has 0 radical (unpaired) electrons. The van der Waals surface area contributed by atoms with E-state index in [1.807, 2.05) is 54.6 Å². The largest absolute Gasteiger partial charge is 0.295 e. The second-order valence-corrected chi connectivity index (χ2v) is 7.06. The standard InChI is InChI=1S/C21H20ClN3/c22-19-8-6-17(7-9-19)15-25-13-11-21(16-24,14-20(25)10-12-23)18-4-2-1-3-5-18/h1-9,20H,10-11,13-15H2/t20-,21+/m0/s1. The average molecular weight is 350 g/mol. The van der Waals surface area contributed by atoms with Gasteiger partial charge in [-0.25, -0.2) is 0 Å². The van der Waals surface area contributed by atoms with Gasteiger partial charge < -0.3 is 0 Å². The maximum atomic E-state index is 9.92. The Morgan fingerprint density at radius 3 is 2.44 bits per heavy atom. The summed E-state index contributed by atoms with van der Waals surface area (Å²) in [5.41, 5.74) is 1.74. The predicted octanol–water partition coefficient (Wildman–Crippen LogP) is 4.68. The van der Waals surface area contributed by atoms with Gasteiger partial charge in [-0.05, 0) is 36.1 Å². The summed E-state index contributed by atoms with van der Waals surface area (Å²) in [6, 6.07) is 22.8. The molecule has 0 amide bonds. The Morgan fingerprint density at radius 1 is 1.08 bits per heavy atom. The SMILES string of the molecule is N#CC[C@H]1C[C@](C#N)(c2ccccc2)CCN1Cc1ccc(Cl)cc1. The molecule has 0 saturated carbocycles. The Morgan fingerprint density at radius 2 is 1.80 bits per heavy atom. The predicted molar refractivity (Wildman–Crippen MR) is 98.8 cm³/mol. The minimum atomic E-state index is -0.501. The molecule has 3 rings (SSSR count). The van der Waals surface area contributed by atoms with Gasteiger partial charge in [0, 0.05) is 24.2 Å². The molecular formula is C21H20ClN3. The monoisotopic (exact) mass is 349 g/mol. The smallest absolute Gasteiger partial charge is 0.0849 e. The van der Waals surface area contributed by atoms with E-state index in [-0.39, 0.29) is 6.04 Å². The Balaban J connectivity index is 1.82. The van der Waals surface area contributed by atoms with E-state index in [0.29, 0.717) is 12.8 Å². The van der Waals surface area contributed by atoms with E-state index in [1.165, 1.54) is 5.56 Å². The van der Waals surface area contributed by atoms with E-state index in [0.717, 1.165) is 30.1 Å². The third-order valence-electron chi connectivity index (χ3n) is 5.09. The molecule has 1 saturated heterocycles. The number of piperidine rings is 1. The fraction of sp³-hybridized carbons (Fsp3) is 0.333. The zero-order chi connectivity index (χ0) is 17.7. The molecule has 2 aromatic carbocycles. The summed E-state index contributed by atoms with van der Waals surface area (Å²) in [5, 5.41) is 19.9. The summed E-state index contributed by atoms with van der Waals surface area (Å²) in [6.45, 7) is 1.58. The lowest BCUT2D eigenvalue weighted by atomic mass is 9.71. The number of nitrogens with zero attached hydrogens (tertiary/aromatic N) is 3. The third kappa shape index (κ3) is 3.85. The Labute approximate surface area is 154 Å².